The molecule has 0 bridgehead atoms. The molecule has 5 aliphatic rings. The van der Waals surface area contributed by atoms with Crippen molar-refractivity contribution in [2.24, 2.45) is 45.3 Å². The molecule has 0 spiro atoms. The van der Waals surface area contributed by atoms with Crippen LogP contribution in [0.25, 0.3) is 0 Å². The molecule has 0 radical (unpaired) electrons. The van der Waals surface area contributed by atoms with E-state index in [9.17, 15) is 15.0 Å². The van der Waals surface area contributed by atoms with Crippen molar-refractivity contribution in [3.05, 3.63) is 11.6 Å². The van der Waals surface area contributed by atoms with Crippen molar-refractivity contribution in [1.82, 2.24) is 0 Å². The largest absolute Gasteiger partial charge is 0.388 e. The second-order valence-corrected chi connectivity index (χ2v) is 15.8. The van der Waals surface area contributed by atoms with Gasteiger partial charge in [-0.15, -0.1) is 0 Å². The summed E-state index contributed by atoms with van der Waals surface area (Å²) in [5, 5.41) is 21.6. The lowest BCUT2D eigenvalue weighted by molar-refractivity contribution is -0.195. The number of aliphatic hydroxyl groups is 2. The van der Waals surface area contributed by atoms with E-state index in [1.807, 2.05) is 0 Å². The van der Waals surface area contributed by atoms with E-state index in [0.717, 1.165) is 44.9 Å². The summed E-state index contributed by atoms with van der Waals surface area (Å²) in [6, 6.07) is 0. The van der Waals surface area contributed by atoms with Gasteiger partial charge in [0.2, 0.25) is 0 Å². The van der Waals surface area contributed by atoms with Gasteiger partial charge in [0.05, 0.1) is 11.7 Å². The van der Waals surface area contributed by atoms with Crippen LogP contribution in [0, 0.1) is 45.3 Å². The number of allylic oxidation sites excluding steroid dienone is 2. The fraction of sp³-hybridized carbons (Fsp3) is 0.912. The minimum atomic E-state index is -1.21. The molecule has 2 N–H and O–H groups in total. The first kappa shape index (κ1) is 29.7. The van der Waals surface area contributed by atoms with Crippen molar-refractivity contribution >= 4 is 5.78 Å². The van der Waals surface area contributed by atoms with Gasteiger partial charge in [0.1, 0.15) is 11.9 Å². The van der Waals surface area contributed by atoms with Gasteiger partial charge in [0.25, 0.3) is 0 Å². The minimum absolute atomic E-state index is 0.126. The highest BCUT2D eigenvalue weighted by Crippen LogP contribution is 2.73. The third-order valence-corrected chi connectivity index (χ3v) is 13.2. The van der Waals surface area contributed by atoms with Gasteiger partial charge in [-0.25, -0.2) is 0 Å². The molecule has 39 heavy (non-hydrogen) atoms. The summed E-state index contributed by atoms with van der Waals surface area (Å²) in [6.07, 6.45) is 11.2. The Morgan fingerprint density at radius 3 is 2.51 bits per heavy atom. The number of hydrogen-bond donors (Lipinski definition) is 2. The summed E-state index contributed by atoms with van der Waals surface area (Å²) in [6.45, 7) is 18.2. The van der Waals surface area contributed by atoms with Gasteiger partial charge in [0, 0.05) is 24.4 Å². The van der Waals surface area contributed by atoms with Crippen LogP contribution >= 0.6 is 0 Å². The average molecular weight is 545 g/mol. The lowest BCUT2D eigenvalue weighted by Gasteiger charge is -2.63. The van der Waals surface area contributed by atoms with Crippen LogP contribution in [-0.2, 0) is 14.3 Å². The van der Waals surface area contributed by atoms with E-state index in [1.165, 1.54) is 19.3 Å². The summed E-state index contributed by atoms with van der Waals surface area (Å²) >= 11 is 0. The molecule has 4 fully saturated rings. The normalized spacial score (nSPS) is 46.3. The minimum Gasteiger partial charge on any atom is -0.388 e. The van der Waals surface area contributed by atoms with E-state index in [1.54, 1.807) is 19.4 Å². The number of hydrogen-bond acceptors (Lipinski definition) is 5. The number of ketones is 1. The first-order valence-electron chi connectivity index (χ1n) is 16.0. The van der Waals surface area contributed by atoms with Crippen LogP contribution in [0.5, 0.6) is 0 Å². The van der Waals surface area contributed by atoms with Crippen molar-refractivity contribution in [3.63, 3.8) is 0 Å². The van der Waals surface area contributed by atoms with Gasteiger partial charge in [-0.1, -0.05) is 59.6 Å². The molecular formula is C34H56O5. The molecule has 0 unspecified atom stereocenters. The second kappa shape index (κ2) is 9.92. The van der Waals surface area contributed by atoms with E-state index >= 15 is 0 Å². The molecule has 1 saturated heterocycles. The van der Waals surface area contributed by atoms with Gasteiger partial charge in [0.15, 0.2) is 6.29 Å². The highest BCUT2D eigenvalue weighted by Gasteiger charge is 2.67. The molecule has 0 aromatic carbocycles. The van der Waals surface area contributed by atoms with E-state index < -0.39 is 17.8 Å². The standard InChI is InChI=1S/C34H56O5/c1-9-10-19-38-29-21(20-25(39-29)28(36)31(4,5)37)22-13-17-34(8)24-11-12-26-30(2,3)27(35)15-16-32(26,6)23(24)14-18-33(22,34)7/h11,21-23,25-26,28-29,36-37H,9-10,12-20H2,1-8H3/t21-,22-,23-,25+,26-,28-,29-,32+,33-,34+/m0/s1. The van der Waals surface area contributed by atoms with E-state index in [2.05, 4.69) is 47.6 Å². The quantitative estimate of drug-likeness (QED) is 0.271. The van der Waals surface area contributed by atoms with Crippen molar-refractivity contribution in [2.45, 2.75) is 144 Å². The first-order valence-corrected chi connectivity index (χ1v) is 16.0. The molecule has 0 aromatic heterocycles. The fourth-order valence-corrected chi connectivity index (χ4v) is 10.5. The van der Waals surface area contributed by atoms with Crippen LogP contribution in [0.15, 0.2) is 11.6 Å². The van der Waals surface area contributed by atoms with Crippen LogP contribution in [-0.4, -0.2) is 46.7 Å². The number of carbonyl (C=O) groups is 1. The molecule has 0 amide bonds. The lowest BCUT2D eigenvalue weighted by Crippen LogP contribution is -2.57. The van der Waals surface area contributed by atoms with Crippen LogP contribution in [0.1, 0.15) is 120 Å². The van der Waals surface area contributed by atoms with Gasteiger partial charge < -0.3 is 19.7 Å². The Bertz CT molecular complexity index is 979. The SMILES string of the molecule is CCCCO[C@H]1O[C@@H]([C@H](O)C(C)(C)O)C[C@H]1[C@@H]1CC[C@]2(C)C3=CC[C@H]4C(C)(C)C(=O)CC[C@]4(C)[C@H]3CC[C@@]12C. The number of fused-ring (bicyclic) bond motifs is 5. The summed E-state index contributed by atoms with van der Waals surface area (Å²) in [5.74, 6) is 2.10. The molecule has 222 valence electrons. The summed E-state index contributed by atoms with van der Waals surface area (Å²) in [7, 11) is 0. The Hall–Kier alpha value is -0.750. The van der Waals surface area contributed by atoms with Crippen molar-refractivity contribution in [2.75, 3.05) is 6.61 Å². The topological polar surface area (TPSA) is 76.0 Å². The zero-order valence-electron chi connectivity index (χ0n) is 26.0. The van der Waals surface area contributed by atoms with Gasteiger partial charge in [-0.3, -0.25) is 4.79 Å². The molecule has 1 heterocycles. The fourth-order valence-electron chi connectivity index (χ4n) is 10.5. The van der Waals surface area contributed by atoms with Gasteiger partial charge >= 0.3 is 0 Å². The van der Waals surface area contributed by atoms with Crippen molar-refractivity contribution in [3.8, 4) is 0 Å². The zero-order chi connectivity index (χ0) is 28.6. The number of unbranched alkanes of at least 4 members (excludes halogenated alkanes) is 1. The Labute approximate surface area is 237 Å². The number of Topliss-reactive ketones (excluding diaryl/α,β-unsaturated/α-hetero) is 1. The molecule has 5 nitrogen and oxygen atoms in total. The van der Waals surface area contributed by atoms with Crippen molar-refractivity contribution < 1.29 is 24.5 Å². The highest BCUT2D eigenvalue weighted by atomic mass is 16.7. The molecule has 10 atom stereocenters. The predicted molar refractivity (Wildman–Crippen MR) is 154 cm³/mol. The molecule has 1 aliphatic heterocycles. The molecular weight excluding hydrogens is 488 g/mol. The van der Waals surface area contributed by atoms with E-state index in [-0.39, 0.29) is 33.9 Å². The van der Waals surface area contributed by atoms with Crippen LogP contribution in [0.3, 0.4) is 0 Å². The summed E-state index contributed by atoms with van der Waals surface area (Å²) < 4.78 is 12.8. The van der Waals surface area contributed by atoms with Gasteiger partial charge in [-0.2, -0.15) is 0 Å². The number of carbonyl (C=O) groups excluding carboxylic acids is 1. The van der Waals surface area contributed by atoms with E-state index in [4.69, 9.17) is 9.47 Å². The lowest BCUT2D eigenvalue weighted by atomic mass is 9.41. The molecule has 0 aromatic rings. The van der Waals surface area contributed by atoms with Gasteiger partial charge in [-0.05, 0) is 99.2 Å². The summed E-state index contributed by atoms with van der Waals surface area (Å²) in [5.41, 5.74) is 0.671. The number of aliphatic hydroxyl groups excluding tert-OH is 1. The predicted octanol–water partition coefficient (Wildman–Crippen LogP) is 6.84. The van der Waals surface area contributed by atoms with Crippen LogP contribution < -0.4 is 0 Å². The average Bonchev–Trinajstić information content (AvgIpc) is 3.39. The number of ether oxygens (including phenoxy) is 2. The molecule has 5 rings (SSSR count). The smallest absolute Gasteiger partial charge is 0.161 e. The summed E-state index contributed by atoms with van der Waals surface area (Å²) in [4.78, 5) is 12.9. The number of rotatable bonds is 7. The Morgan fingerprint density at radius 2 is 1.85 bits per heavy atom. The molecule has 5 heteroatoms. The molecule has 4 aliphatic carbocycles. The Balaban J connectivity index is 1.44. The molecule has 3 saturated carbocycles. The monoisotopic (exact) mass is 544 g/mol. The maximum absolute atomic E-state index is 12.9. The van der Waals surface area contributed by atoms with E-state index in [0.29, 0.717) is 30.1 Å². The Kier molecular flexibility index (Phi) is 7.56. The Morgan fingerprint density at radius 1 is 1.13 bits per heavy atom. The maximum atomic E-state index is 12.9. The van der Waals surface area contributed by atoms with Crippen LogP contribution in [0.2, 0.25) is 0 Å². The zero-order valence-corrected chi connectivity index (χ0v) is 26.0. The second-order valence-electron chi connectivity index (χ2n) is 15.8. The maximum Gasteiger partial charge on any atom is 0.161 e. The third-order valence-electron chi connectivity index (χ3n) is 13.2. The third kappa shape index (κ3) is 4.43. The van der Waals surface area contributed by atoms with Crippen molar-refractivity contribution in [1.29, 1.82) is 0 Å². The first-order chi connectivity index (χ1) is 18.1. The highest BCUT2D eigenvalue weighted by molar-refractivity contribution is 5.85. The van der Waals surface area contributed by atoms with Crippen LogP contribution in [0.4, 0.5) is 0 Å².